The Labute approximate surface area is 230 Å². The molecule has 4 aromatic rings. The van der Waals surface area contributed by atoms with Crippen molar-refractivity contribution in [3.63, 3.8) is 0 Å². The zero-order valence-electron chi connectivity index (χ0n) is 21.8. The number of nitrogens with one attached hydrogen (secondary N) is 1. The predicted octanol–water partition coefficient (Wildman–Crippen LogP) is 6.25. The fraction of sp³-hybridized carbons (Fsp3) is 0.393. The molecule has 1 atom stereocenters. The minimum absolute atomic E-state index is 0.0450. The second-order valence-electron chi connectivity index (χ2n) is 10.4. The molecule has 0 aliphatic carbocycles. The van der Waals surface area contributed by atoms with Gasteiger partial charge in [-0.3, -0.25) is 9.69 Å². The summed E-state index contributed by atoms with van der Waals surface area (Å²) < 4.78 is 11.4. The Kier molecular flexibility index (Phi) is 7.83. The van der Waals surface area contributed by atoms with Crippen molar-refractivity contribution in [1.29, 1.82) is 0 Å². The van der Waals surface area contributed by atoms with Crippen molar-refractivity contribution in [1.82, 2.24) is 15.2 Å². The second kappa shape index (κ2) is 11.3. The number of para-hydroxylation sites is 1. The molecule has 1 aliphatic rings. The smallest absolute Gasteiger partial charge is 0.407 e. The van der Waals surface area contributed by atoms with Crippen molar-refractivity contribution in [2.24, 2.45) is 0 Å². The third kappa shape index (κ3) is 6.43. The molecule has 200 valence electrons. The zero-order chi connectivity index (χ0) is 26.7. The number of hydrogen-bond donors (Lipinski definition) is 1. The number of furan rings is 1. The van der Waals surface area contributed by atoms with Crippen LogP contribution in [0.25, 0.3) is 22.4 Å². The van der Waals surface area contributed by atoms with E-state index in [9.17, 15) is 9.59 Å². The number of thiophene rings is 1. The van der Waals surface area contributed by atoms with Gasteiger partial charge in [0.15, 0.2) is 10.9 Å². The Morgan fingerprint density at radius 3 is 2.82 bits per heavy atom. The molecule has 0 radical (unpaired) electrons. The summed E-state index contributed by atoms with van der Waals surface area (Å²) in [6.07, 6.45) is 1.29. The lowest BCUT2D eigenvalue weighted by atomic mass is 10.2. The number of alkyl carbamates (subject to hydrolysis) is 1. The molecule has 1 fully saturated rings. The van der Waals surface area contributed by atoms with Crippen LogP contribution in [0, 0.1) is 0 Å². The van der Waals surface area contributed by atoms with Crippen molar-refractivity contribution in [2.75, 3.05) is 31.1 Å². The van der Waals surface area contributed by atoms with E-state index in [1.807, 2.05) is 74.0 Å². The largest absolute Gasteiger partial charge is 0.454 e. The van der Waals surface area contributed by atoms with Crippen LogP contribution in [-0.2, 0) is 4.74 Å². The van der Waals surface area contributed by atoms with Crippen LogP contribution in [0.2, 0.25) is 0 Å². The molecule has 0 saturated carbocycles. The van der Waals surface area contributed by atoms with Crippen molar-refractivity contribution < 1.29 is 18.7 Å². The summed E-state index contributed by atoms with van der Waals surface area (Å²) in [7, 11) is 0. The second-order valence-corrected chi connectivity index (χ2v) is 12.2. The Hall–Kier alpha value is -3.21. The van der Waals surface area contributed by atoms with Gasteiger partial charge in [0, 0.05) is 36.4 Å². The van der Waals surface area contributed by atoms with E-state index in [4.69, 9.17) is 14.1 Å². The highest BCUT2D eigenvalue weighted by Gasteiger charge is 2.27. The number of nitrogens with zero attached hydrogens (tertiary/aromatic N) is 3. The highest BCUT2D eigenvalue weighted by molar-refractivity contribution is 7.14. The van der Waals surface area contributed by atoms with Crippen LogP contribution in [0.5, 0.6) is 0 Å². The molecular formula is C28H32N4O4S2. The number of aromatic nitrogens is 1. The summed E-state index contributed by atoms with van der Waals surface area (Å²) >= 11 is 2.88. The number of carbonyl (C=O) groups excluding carboxylic acids is 2. The molecule has 4 heterocycles. The molecule has 1 aromatic carbocycles. The maximum Gasteiger partial charge on any atom is 0.407 e. The number of fused-ring (bicyclic) bond motifs is 1. The van der Waals surface area contributed by atoms with E-state index in [0.717, 1.165) is 49.1 Å². The Morgan fingerprint density at radius 1 is 1.21 bits per heavy atom. The minimum atomic E-state index is -0.513. The van der Waals surface area contributed by atoms with Gasteiger partial charge in [0.2, 0.25) is 0 Å². The van der Waals surface area contributed by atoms with Gasteiger partial charge in [-0.1, -0.05) is 24.3 Å². The highest BCUT2D eigenvalue weighted by Crippen LogP contribution is 2.32. The van der Waals surface area contributed by atoms with Crippen LogP contribution in [0.4, 0.5) is 9.93 Å². The van der Waals surface area contributed by atoms with Crippen LogP contribution in [0.1, 0.15) is 43.3 Å². The number of thiazole rings is 1. The average molecular weight is 553 g/mol. The number of benzene rings is 1. The van der Waals surface area contributed by atoms with Crippen LogP contribution in [0.3, 0.4) is 0 Å². The molecule has 0 bridgehead atoms. The summed E-state index contributed by atoms with van der Waals surface area (Å²) in [4.78, 5) is 35.1. The first-order chi connectivity index (χ1) is 18.2. The van der Waals surface area contributed by atoms with Crippen molar-refractivity contribution >= 4 is 50.8 Å². The number of rotatable bonds is 8. The van der Waals surface area contributed by atoms with Gasteiger partial charge in [-0.2, -0.15) is 0 Å². The average Bonchev–Trinajstić information content (AvgIpc) is 3.66. The monoisotopic (exact) mass is 552 g/mol. The highest BCUT2D eigenvalue weighted by atomic mass is 32.1. The number of anilines is 1. The third-order valence-electron chi connectivity index (χ3n) is 6.23. The summed E-state index contributed by atoms with van der Waals surface area (Å²) in [5.74, 6) is 0.647. The lowest BCUT2D eigenvalue weighted by Gasteiger charge is -2.23. The van der Waals surface area contributed by atoms with Gasteiger partial charge in [-0.15, -0.1) is 22.7 Å². The molecule has 1 aliphatic heterocycles. The van der Waals surface area contributed by atoms with E-state index in [-0.39, 0.29) is 18.0 Å². The lowest BCUT2D eigenvalue weighted by molar-refractivity contribution is 0.0505. The molecule has 5 rings (SSSR count). The fourth-order valence-corrected chi connectivity index (χ4v) is 6.02. The molecule has 10 heteroatoms. The number of ether oxygens (including phenoxy) is 1. The number of amides is 2. The van der Waals surface area contributed by atoms with Crippen molar-refractivity contribution in [2.45, 2.75) is 45.3 Å². The minimum Gasteiger partial charge on any atom is -0.454 e. The van der Waals surface area contributed by atoms with E-state index >= 15 is 0 Å². The summed E-state index contributed by atoms with van der Waals surface area (Å²) in [6.45, 7) is 8.61. The van der Waals surface area contributed by atoms with Gasteiger partial charge in [0.25, 0.3) is 5.91 Å². The predicted molar refractivity (Wildman–Crippen MR) is 152 cm³/mol. The lowest BCUT2D eigenvalue weighted by Crippen LogP contribution is -2.40. The molecule has 1 saturated heterocycles. The first-order valence-corrected chi connectivity index (χ1v) is 14.5. The van der Waals surface area contributed by atoms with Gasteiger partial charge in [-0.25, -0.2) is 9.78 Å². The maximum absolute atomic E-state index is 13.4. The Balaban J connectivity index is 1.22. The molecule has 2 amide bonds. The van der Waals surface area contributed by atoms with E-state index < -0.39 is 5.60 Å². The Bertz CT molecular complexity index is 1360. The van der Waals surface area contributed by atoms with Crippen LogP contribution in [-0.4, -0.2) is 59.7 Å². The fourth-order valence-electron chi connectivity index (χ4n) is 4.51. The SMILES string of the molecule is CC(C)(C)OC(=O)NC1CCN(CCCN(C(=O)c2cccs2)c2nc(-c3cc4ccccc4o3)cs2)C1. The summed E-state index contributed by atoms with van der Waals surface area (Å²) in [5.41, 5.74) is 1.02. The van der Waals surface area contributed by atoms with E-state index in [1.54, 1.807) is 4.90 Å². The number of hydrogen-bond acceptors (Lipinski definition) is 8. The molecule has 3 aromatic heterocycles. The van der Waals surface area contributed by atoms with E-state index in [1.165, 1.54) is 22.7 Å². The van der Waals surface area contributed by atoms with Crippen LogP contribution >= 0.6 is 22.7 Å². The quantitative estimate of drug-likeness (QED) is 0.278. The molecule has 1 unspecified atom stereocenters. The van der Waals surface area contributed by atoms with Gasteiger partial charge in [-0.05, 0) is 63.7 Å². The van der Waals surface area contributed by atoms with Gasteiger partial charge < -0.3 is 19.4 Å². The third-order valence-corrected chi connectivity index (χ3v) is 7.95. The number of likely N-dealkylation sites (tertiary alicyclic amines) is 1. The van der Waals surface area contributed by atoms with E-state index in [2.05, 4.69) is 10.2 Å². The summed E-state index contributed by atoms with van der Waals surface area (Å²) in [6, 6.07) is 13.7. The van der Waals surface area contributed by atoms with Gasteiger partial charge >= 0.3 is 6.09 Å². The van der Waals surface area contributed by atoms with Crippen molar-refractivity contribution in [3.05, 3.63) is 58.1 Å². The molecular weight excluding hydrogens is 520 g/mol. The van der Waals surface area contributed by atoms with Crippen LogP contribution in [0.15, 0.2) is 57.6 Å². The normalized spacial score (nSPS) is 16.1. The molecule has 8 nitrogen and oxygen atoms in total. The van der Waals surface area contributed by atoms with Gasteiger partial charge in [0.05, 0.1) is 4.88 Å². The first kappa shape index (κ1) is 26.4. The zero-order valence-corrected chi connectivity index (χ0v) is 23.4. The first-order valence-electron chi connectivity index (χ1n) is 12.8. The standard InChI is InChI=1S/C28H32N4O4S2/c1-28(2,3)36-27(34)29-20-11-14-31(17-20)12-7-13-32(25(33)24-10-6-15-37-24)26-30-21(18-38-26)23-16-19-8-4-5-9-22(19)35-23/h4-6,8-10,15-16,18,20H,7,11-14,17H2,1-3H3,(H,29,34). The molecule has 0 spiro atoms. The topological polar surface area (TPSA) is 87.9 Å². The van der Waals surface area contributed by atoms with Gasteiger partial charge in [0.1, 0.15) is 16.9 Å². The van der Waals surface area contributed by atoms with Crippen LogP contribution < -0.4 is 10.2 Å². The van der Waals surface area contributed by atoms with E-state index in [0.29, 0.717) is 22.3 Å². The summed E-state index contributed by atoms with van der Waals surface area (Å²) in [5, 5.41) is 8.50. The van der Waals surface area contributed by atoms with Crippen molar-refractivity contribution in [3.8, 4) is 11.5 Å². The molecule has 38 heavy (non-hydrogen) atoms. The number of carbonyl (C=O) groups is 2. The maximum atomic E-state index is 13.4. The molecule has 1 N–H and O–H groups in total. The Morgan fingerprint density at radius 2 is 2.05 bits per heavy atom.